The van der Waals surface area contributed by atoms with Crippen LogP contribution in [-0.2, 0) is 17.9 Å². The van der Waals surface area contributed by atoms with Gasteiger partial charge in [-0.15, -0.1) is 13.2 Å². The van der Waals surface area contributed by atoms with Gasteiger partial charge in [0.25, 0.3) is 5.89 Å². The fourth-order valence-electron chi connectivity index (χ4n) is 3.43. The fourth-order valence-corrected chi connectivity index (χ4v) is 3.43. The molecule has 5 rings (SSSR count). The van der Waals surface area contributed by atoms with Crippen molar-refractivity contribution in [1.29, 1.82) is 0 Å². The quantitative estimate of drug-likeness (QED) is 0.415. The summed E-state index contributed by atoms with van der Waals surface area (Å²) in [6.07, 6.45) is -3.38. The molecule has 0 N–H and O–H groups in total. The number of rotatable bonds is 4. The van der Waals surface area contributed by atoms with Gasteiger partial charge >= 0.3 is 6.36 Å². The number of hydrogen-bond acceptors (Lipinski definition) is 6. The first-order valence-corrected chi connectivity index (χ1v) is 9.47. The molecule has 7 nitrogen and oxygen atoms in total. The van der Waals surface area contributed by atoms with Gasteiger partial charge in [0.15, 0.2) is 5.69 Å². The maximum Gasteiger partial charge on any atom is 0.573 e. The minimum absolute atomic E-state index is 0.160. The van der Waals surface area contributed by atoms with Crippen LogP contribution in [0.3, 0.4) is 0 Å². The monoisotopic (exact) mass is 446 g/mol. The molecule has 0 amide bonds. The van der Waals surface area contributed by atoms with Crippen molar-refractivity contribution >= 4 is 0 Å². The number of alkyl halides is 3. The summed E-state index contributed by atoms with van der Waals surface area (Å²) in [5, 5.41) is 3.89. The van der Waals surface area contributed by atoms with E-state index in [1.165, 1.54) is 36.4 Å². The molecular weight excluding hydrogens is 432 g/mol. The number of aromatic nitrogens is 4. The van der Waals surface area contributed by atoms with Gasteiger partial charge in [-0.2, -0.15) is 4.98 Å². The Kier molecular flexibility index (Phi) is 4.89. The summed E-state index contributed by atoms with van der Waals surface area (Å²) < 4.78 is 67.1. The number of imidazole rings is 1. The maximum absolute atomic E-state index is 13.2. The fraction of sp³-hybridized carbons (Fsp3) is 0.190. The second-order valence-electron chi connectivity index (χ2n) is 7.04. The van der Waals surface area contributed by atoms with E-state index in [1.54, 1.807) is 18.5 Å². The van der Waals surface area contributed by atoms with E-state index in [1.807, 2.05) is 4.57 Å². The summed E-state index contributed by atoms with van der Waals surface area (Å²) >= 11 is 0. The number of hydrogen-bond donors (Lipinski definition) is 0. The molecule has 0 spiro atoms. The van der Waals surface area contributed by atoms with Crippen molar-refractivity contribution in [2.45, 2.75) is 25.6 Å². The van der Waals surface area contributed by atoms with E-state index in [0.717, 1.165) is 11.3 Å². The molecule has 164 valence electrons. The molecule has 3 heterocycles. The van der Waals surface area contributed by atoms with Gasteiger partial charge in [0.1, 0.15) is 17.7 Å². The van der Waals surface area contributed by atoms with Crippen LogP contribution in [0, 0.1) is 5.82 Å². The molecule has 1 aliphatic heterocycles. The van der Waals surface area contributed by atoms with Crippen LogP contribution < -0.4 is 4.74 Å². The Labute approximate surface area is 178 Å². The molecule has 2 aromatic heterocycles. The van der Waals surface area contributed by atoms with E-state index < -0.39 is 6.36 Å². The van der Waals surface area contributed by atoms with Crippen LogP contribution >= 0.6 is 0 Å². The highest BCUT2D eigenvalue weighted by Gasteiger charge is 2.31. The van der Waals surface area contributed by atoms with Gasteiger partial charge < -0.3 is 18.6 Å². The number of nitrogens with zero attached hydrogens (tertiary/aromatic N) is 4. The number of ether oxygens (including phenoxy) is 2. The van der Waals surface area contributed by atoms with E-state index in [0.29, 0.717) is 17.8 Å². The molecule has 0 bridgehead atoms. The average Bonchev–Trinajstić information content (AvgIpc) is 3.40. The first-order chi connectivity index (χ1) is 15.4. The van der Waals surface area contributed by atoms with Crippen LogP contribution in [0.2, 0.25) is 0 Å². The highest BCUT2D eigenvalue weighted by molar-refractivity contribution is 5.59. The van der Waals surface area contributed by atoms with E-state index >= 15 is 0 Å². The smallest absolute Gasteiger partial charge is 0.406 e. The molecule has 11 heteroatoms. The van der Waals surface area contributed by atoms with Crippen LogP contribution in [0.4, 0.5) is 17.6 Å². The second-order valence-corrected chi connectivity index (χ2v) is 7.04. The lowest BCUT2D eigenvalue weighted by atomic mass is 10.1. The first kappa shape index (κ1) is 20.2. The predicted octanol–water partition coefficient (Wildman–Crippen LogP) is 4.91. The summed E-state index contributed by atoms with van der Waals surface area (Å²) in [4.78, 5) is 8.66. The summed E-state index contributed by atoms with van der Waals surface area (Å²) in [7, 11) is 0. The first-order valence-electron chi connectivity index (χ1n) is 9.47. The Bertz CT molecular complexity index is 1230. The van der Waals surface area contributed by atoms with Crippen LogP contribution in [0.25, 0.3) is 23.0 Å². The minimum atomic E-state index is -4.77. The zero-order valence-corrected chi connectivity index (χ0v) is 16.2. The molecule has 0 unspecified atom stereocenters. The van der Waals surface area contributed by atoms with Crippen molar-refractivity contribution in [3.63, 3.8) is 0 Å². The zero-order valence-electron chi connectivity index (χ0n) is 16.2. The average molecular weight is 446 g/mol. The zero-order chi connectivity index (χ0) is 22.3. The van der Waals surface area contributed by atoms with Crippen LogP contribution in [0.1, 0.15) is 17.4 Å². The molecule has 0 saturated carbocycles. The van der Waals surface area contributed by atoms with E-state index in [4.69, 9.17) is 9.26 Å². The Balaban J connectivity index is 1.34. The normalized spacial score (nSPS) is 16.1. The molecular formula is C21H14F4N4O3. The summed E-state index contributed by atoms with van der Waals surface area (Å²) in [6, 6.07) is 11.3. The van der Waals surface area contributed by atoms with Gasteiger partial charge in [0, 0.05) is 5.56 Å². The third-order valence-electron chi connectivity index (χ3n) is 4.95. The van der Waals surface area contributed by atoms with Gasteiger partial charge in [-0.05, 0) is 42.0 Å². The molecule has 2 aromatic carbocycles. The van der Waals surface area contributed by atoms with Crippen LogP contribution in [-0.4, -0.2) is 26.1 Å². The maximum atomic E-state index is 13.2. The SMILES string of the molecule is Fc1ccc([C@@H]2Cn3cnc(-c4nc(-c5ccc(OC(F)(F)F)cc5)no4)c3CO2)cc1. The van der Waals surface area contributed by atoms with Crippen molar-refractivity contribution in [3.05, 3.63) is 71.9 Å². The predicted molar refractivity (Wildman–Crippen MR) is 102 cm³/mol. The Morgan fingerprint density at radius 3 is 2.50 bits per heavy atom. The summed E-state index contributed by atoms with van der Waals surface area (Å²) in [5.74, 6) is -0.305. The van der Waals surface area contributed by atoms with Crippen molar-refractivity contribution in [2.75, 3.05) is 0 Å². The molecule has 0 radical (unpaired) electrons. The van der Waals surface area contributed by atoms with Gasteiger partial charge in [0.2, 0.25) is 5.82 Å². The molecule has 32 heavy (non-hydrogen) atoms. The highest BCUT2D eigenvalue weighted by Crippen LogP contribution is 2.32. The third kappa shape index (κ3) is 4.06. The molecule has 1 atom stereocenters. The summed E-state index contributed by atoms with van der Waals surface area (Å²) in [5.41, 5.74) is 2.51. The molecule has 0 fully saturated rings. The van der Waals surface area contributed by atoms with Crippen LogP contribution in [0.5, 0.6) is 5.75 Å². The van der Waals surface area contributed by atoms with Crippen LogP contribution in [0.15, 0.2) is 59.4 Å². The van der Waals surface area contributed by atoms with E-state index in [2.05, 4.69) is 19.9 Å². The van der Waals surface area contributed by atoms with Crippen molar-refractivity contribution in [2.24, 2.45) is 0 Å². The number of halogens is 4. The van der Waals surface area contributed by atoms with Gasteiger partial charge in [-0.1, -0.05) is 17.3 Å². The Hall–Kier alpha value is -3.73. The second kappa shape index (κ2) is 7.75. The van der Waals surface area contributed by atoms with E-state index in [-0.39, 0.29) is 36.0 Å². The van der Waals surface area contributed by atoms with Gasteiger partial charge in [0.05, 0.1) is 25.2 Å². The van der Waals surface area contributed by atoms with Gasteiger partial charge in [-0.3, -0.25) is 0 Å². The van der Waals surface area contributed by atoms with Crippen molar-refractivity contribution in [3.8, 4) is 28.7 Å². The Morgan fingerprint density at radius 1 is 1.03 bits per heavy atom. The molecule has 1 aliphatic rings. The van der Waals surface area contributed by atoms with E-state index in [9.17, 15) is 17.6 Å². The number of benzene rings is 2. The summed E-state index contributed by atoms with van der Waals surface area (Å²) in [6.45, 7) is 0.716. The lowest BCUT2D eigenvalue weighted by Crippen LogP contribution is -2.20. The third-order valence-corrected chi connectivity index (χ3v) is 4.95. The standard InChI is InChI=1S/C21H14F4N4O3/c22-14-5-1-12(2-6-14)17-9-29-11-26-18(16(29)10-30-17)20-27-19(28-32-20)13-3-7-15(8-4-13)31-21(23,24)25/h1-8,11,17H,9-10H2/t17-/m0/s1. The lowest BCUT2D eigenvalue weighted by molar-refractivity contribution is -0.274. The number of fused-ring (bicyclic) bond motifs is 1. The van der Waals surface area contributed by atoms with Crippen molar-refractivity contribution < 1.29 is 31.6 Å². The van der Waals surface area contributed by atoms with Crippen molar-refractivity contribution in [1.82, 2.24) is 19.7 Å². The molecule has 4 aromatic rings. The van der Waals surface area contributed by atoms with Gasteiger partial charge in [-0.25, -0.2) is 9.37 Å². The largest absolute Gasteiger partial charge is 0.573 e. The lowest BCUT2D eigenvalue weighted by Gasteiger charge is -2.25. The molecule has 0 saturated heterocycles. The highest BCUT2D eigenvalue weighted by atomic mass is 19.4. The topological polar surface area (TPSA) is 75.2 Å². The Morgan fingerprint density at radius 2 is 1.78 bits per heavy atom. The molecule has 0 aliphatic carbocycles. The minimum Gasteiger partial charge on any atom is -0.406 e.